The third kappa shape index (κ3) is 6.69. The van der Waals surface area contributed by atoms with Crippen molar-refractivity contribution in [2.24, 2.45) is 0 Å². The number of aliphatic hydroxyl groups is 1. The summed E-state index contributed by atoms with van der Waals surface area (Å²) in [5.74, 6) is -5.67. The van der Waals surface area contributed by atoms with Crippen LogP contribution in [0.3, 0.4) is 0 Å². The number of hydrogen-bond donors (Lipinski definition) is 3. The Morgan fingerprint density at radius 2 is 1.88 bits per heavy atom. The van der Waals surface area contributed by atoms with Gasteiger partial charge in [-0.25, -0.2) is 18.7 Å². The number of alkyl halides is 4. The molecular weight excluding hydrogens is 619 g/mol. The Balaban J connectivity index is 1.68. The molecule has 2 aromatic carbocycles. The molecule has 11 nitrogen and oxygen atoms in total. The Labute approximate surface area is 248 Å². The van der Waals surface area contributed by atoms with E-state index in [2.05, 4.69) is 10.1 Å². The third-order valence-electron chi connectivity index (χ3n) is 6.47. The summed E-state index contributed by atoms with van der Waals surface area (Å²) in [6.45, 7) is -1.23. The number of esters is 1. The minimum atomic E-state index is -4.68. The van der Waals surface area contributed by atoms with Crippen molar-refractivity contribution in [3.05, 3.63) is 65.2 Å². The van der Waals surface area contributed by atoms with Crippen molar-refractivity contribution in [1.82, 2.24) is 14.6 Å². The van der Waals surface area contributed by atoms with Crippen molar-refractivity contribution >= 4 is 41.0 Å². The van der Waals surface area contributed by atoms with E-state index in [0.29, 0.717) is 9.95 Å². The molecule has 0 spiro atoms. The van der Waals surface area contributed by atoms with Crippen LogP contribution in [0.4, 0.5) is 23.4 Å². The first-order chi connectivity index (χ1) is 20.1. The fraction of sp³-hybridized carbons (Fsp3) is 0.423. The number of nitrogens with two attached hydrogens (primary N) is 1. The predicted octanol–water partition coefficient (Wildman–Crippen LogP) is 3.76. The van der Waals surface area contributed by atoms with Gasteiger partial charge in [-0.3, -0.25) is 9.36 Å². The molecule has 0 bridgehead atoms. The number of hydrogen-bond acceptors (Lipinski definition) is 10. The van der Waals surface area contributed by atoms with Gasteiger partial charge < -0.3 is 29.4 Å². The molecule has 1 aliphatic rings. The van der Waals surface area contributed by atoms with Crippen LogP contribution in [0.1, 0.15) is 27.0 Å². The number of nitrogens with zero attached hydrogens (tertiary/aromatic N) is 2. The monoisotopic (exact) mass is 648 g/mol. The van der Waals surface area contributed by atoms with Gasteiger partial charge in [-0.2, -0.15) is 13.8 Å². The summed E-state index contributed by atoms with van der Waals surface area (Å²) in [5, 5.41) is 14.5. The molecule has 0 aliphatic carbocycles. The Kier molecular flexibility index (Phi) is 9.50. The standard InChI is InChI=1S/C26H29F4N4O7PS/c1-14(2)39-22(36)15(3)33-42(43,41-18-9-8-16-6-4-5-7-17(16)12-18)38-13-25(23(27)28)26(29,30)20(35)21(40-25)34-11-10-19(31)32-24(34)37/h4-12,14-15,20-21,23,35H,13H2,1-3H3,(H,33,43)(H2,31,32,37)/t15-,20-,21+,25-,42?/m0/s1. The van der Waals surface area contributed by atoms with Gasteiger partial charge in [0.1, 0.15) is 17.6 Å². The number of fused-ring (bicyclic) bond motifs is 1. The quantitative estimate of drug-likeness (QED) is 0.159. The average Bonchev–Trinajstić information content (AvgIpc) is 3.12. The summed E-state index contributed by atoms with van der Waals surface area (Å²) >= 11 is 5.51. The zero-order valence-corrected chi connectivity index (χ0v) is 24.7. The fourth-order valence-electron chi connectivity index (χ4n) is 4.26. The first-order valence-corrected chi connectivity index (χ1v) is 15.5. The van der Waals surface area contributed by atoms with Crippen molar-refractivity contribution in [2.75, 3.05) is 12.3 Å². The number of ether oxygens (including phenoxy) is 2. The normalized spacial score (nSPS) is 23.8. The molecule has 17 heteroatoms. The van der Waals surface area contributed by atoms with Gasteiger partial charge in [-0.05, 0) is 61.5 Å². The molecule has 1 aromatic heterocycles. The summed E-state index contributed by atoms with van der Waals surface area (Å²) < 4.78 is 82.1. The second-order valence-electron chi connectivity index (χ2n) is 10.0. The molecule has 4 N–H and O–H groups in total. The predicted molar refractivity (Wildman–Crippen MR) is 151 cm³/mol. The molecule has 4 rings (SSSR count). The minimum absolute atomic E-state index is 0.0848. The van der Waals surface area contributed by atoms with E-state index < -0.39 is 67.3 Å². The summed E-state index contributed by atoms with van der Waals surface area (Å²) in [6, 6.07) is 11.7. The van der Waals surface area contributed by atoms with Gasteiger partial charge >= 0.3 is 24.2 Å². The highest BCUT2D eigenvalue weighted by Gasteiger charge is 2.74. The van der Waals surface area contributed by atoms with Gasteiger partial charge in [-0.15, -0.1) is 0 Å². The molecule has 1 fully saturated rings. The number of carbonyl (C=O) groups is 1. The number of halogens is 4. The van der Waals surface area contributed by atoms with Crippen molar-refractivity contribution in [3.8, 4) is 5.75 Å². The topological polar surface area (TPSA) is 147 Å². The molecule has 43 heavy (non-hydrogen) atoms. The molecule has 5 atom stereocenters. The number of aliphatic hydroxyl groups excluding tert-OH is 1. The molecule has 1 saturated heterocycles. The Bertz CT molecular complexity index is 1600. The van der Waals surface area contributed by atoms with E-state index in [0.717, 1.165) is 17.6 Å². The van der Waals surface area contributed by atoms with Crippen molar-refractivity contribution in [1.29, 1.82) is 0 Å². The number of anilines is 1. The number of nitrogen functional groups attached to an aromatic ring is 1. The first-order valence-electron chi connectivity index (χ1n) is 12.9. The van der Waals surface area contributed by atoms with Crippen molar-refractivity contribution in [3.63, 3.8) is 0 Å². The zero-order chi connectivity index (χ0) is 31.7. The molecular formula is C26H29F4N4O7PS. The summed E-state index contributed by atoms with van der Waals surface area (Å²) in [4.78, 5) is 28.2. The first kappa shape index (κ1) is 32.8. The Morgan fingerprint density at radius 1 is 1.21 bits per heavy atom. The number of benzene rings is 2. The molecule has 3 aromatic rings. The van der Waals surface area contributed by atoms with Crippen molar-refractivity contribution in [2.45, 2.75) is 63.2 Å². The van der Waals surface area contributed by atoms with Crippen LogP contribution in [0, 0.1) is 0 Å². The third-order valence-corrected chi connectivity index (χ3v) is 8.95. The van der Waals surface area contributed by atoms with E-state index in [4.69, 9.17) is 36.1 Å². The number of carbonyl (C=O) groups excluding carboxylic acids is 1. The second-order valence-corrected chi connectivity index (χ2v) is 13.2. The highest BCUT2D eigenvalue weighted by molar-refractivity contribution is 8.09. The van der Waals surface area contributed by atoms with E-state index in [-0.39, 0.29) is 11.6 Å². The molecule has 1 aliphatic heterocycles. The molecule has 0 saturated carbocycles. The van der Waals surface area contributed by atoms with Crippen LogP contribution in [0.25, 0.3) is 10.8 Å². The maximum atomic E-state index is 15.5. The maximum Gasteiger partial charge on any atom is 0.351 e. The Hall–Kier alpha value is -3.14. The van der Waals surface area contributed by atoms with E-state index in [9.17, 15) is 23.5 Å². The SMILES string of the molecule is CC(C)OC(=O)[C@H](C)NP(=S)(OC[C@@]1(C(F)F)O[C@@H](n2ccc(N)nc2=O)[C@H](O)C1(F)F)Oc1ccc2ccccc2c1. The average molecular weight is 649 g/mol. The van der Waals surface area contributed by atoms with Gasteiger partial charge in [-0.1, -0.05) is 30.3 Å². The van der Waals surface area contributed by atoms with Crippen molar-refractivity contribution < 1.29 is 46.0 Å². The zero-order valence-electron chi connectivity index (χ0n) is 23.0. The molecule has 1 unspecified atom stereocenters. The van der Waals surface area contributed by atoms with Gasteiger partial charge in [0.2, 0.25) is 5.60 Å². The Morgan fingerprint density at radius 3 is 2.51 bits per heavy atom. The lowest BCUT2D eigenvalue weighted by molar-refractivity contribution is -0.241. The summed E-state index contributed by atoms with van der Waals surface area (Å²) in [6.07, 6.45) is -8.84. The summed E-state index contributed by atoms with van der Waals surface area (Å²) in [5.41, 5.74) is 0.380. The molecule has 234 valence electrons. The fourth-order valence-corrected chi connectivity index (χ4v) is 6.67. The molecule has 0 amide bonds. The van der Waals surface area contributed by atoms with Crippen LogP contribution < -0.4 is 21.0 Å². The van der Waals surface area contributed by atoms with E-state index in [1.165, 1.54) is 13.0 Å². The van der Waals surface area contributed by atoms with E-state index >= 15 is 8.78 Å². The van der Waals surface area contributed by atoms with Crippen LogP contribution >= 0.6 is 6.64 Å². The lowest BCUT2D eigenvalue weighted by atomic mass is 9.95. The van der Waals surface area contributed by atoms with Crippen LogP contribution in [-0.2, 0) is 30.6 Å². The van der Waals surface area contributed by atoms with Crippen LogP contribution in [0.15, 0.2) is 59.5 Å². The van der Waals surface area contributed by atoms with Crippen LogP contribution in [-0.4, -0.2) is 63.4 Å². The maximum absolute atomic E-state index is 15.5. The molecule has 2 heterocycles. The van der Waals surface area contributed by atoms with Gasteiger partial charge in [0.25, 0.3) is 6.43 Å². The number of aromatic nitrogens is 2. The largest absolute Gasteiger partial charge is 0.462 e. The summed E-state index contributed by atoms with van der Waals surface area (Å²) in [7, 11) is 0. The van der Waals surface area contributed by atoms with Crippen LogP contribution in [0.2, 0.25) is 0 Å². The smallest absolute Gasteiger partial charge is 0.351 e. The lowest BCUT2D eigenvalue weighted by Crippen LogP contribution is -2.57. The lowest BCUT2D eigenvalue weighted by Gasteiger charge is -2.35. The van der Waals surface area contributed by atoms with Gasteiger partial charge in [0, 0.05) is 6.20 Å². The molecule has 0 radical (unpaired) electrons. The number of nitrogens with one attached hydrogen (secondary N) is 1. The minimum Gasteiger partial charge on any atom is -0.462 e. The van der Waals surface area contributed by atoms with E-state index in [1.54, 1.807) is 38.1 Å². The van der Waals surface area contributed by atoms with Gasteiger partial charge in [0.05, 0.1) is 12.7 Å². The highest BCUT2D eigenvalue weighted by atomic mass is 32.5. The highest BCUT2D eigenvalue weighted by Crippen LogP contribution is 2.54. The van der Waals surface area contributed by atoms with E-state index in [1.807, 2.05) is 12.1 Å². The second kappa shape index (κ2) is 12.5. The van der Waals surface area contributed by atoms with Gasteiger partial charge in [0.15, 0.2) is 12.3 Å². The van der Waals surface area contributed by atoms with Crippen LogP contribution in [0.5, 0.6) is 5.75 Å². The number of rotatable bonds is 11.